The van der Waals surface area contributed by atoms with Crippen molar-refractivity contribution in [3.05, 3.63) is 71.8 Å². The minimum atomic E-state index is -0.892. The average molecular weight is 365 g/mol. The first-order valence-electron chi connectivity index (χ1n) is 9.22. The van der Waals surface area contributed by atoms with Gasteiger partial charge in [0.05, 0.1) is 30.0 Å². The Balaban J connectivity index is 1.44. The van der Waals surface area contributed by atoms with Crippen LogP contribution in [0.3, 0.4) is 0 Å². The van der Waals surface area contributed by atoms with Gasteiger partial charge in [0, 0.05) is 44.1 Å². The number of benzene rings is 1. The van der Waals surface area contributed by atoms with Crippen molar-refractivity contribution in [2.75, 3.05) is 26.3 Å². The van der Waals surface area contributed by atoms with Crippen LogP contribution in [0.4, 0.5) is 0 Å². The molecule has 0 amide bonds. The zero-order chi connectivity index (χ0) is 18.6. The summed E-state index contributed by atoms with van der Waals surface area (Å²) in [4.78, 5) is 18.0. The van der Waals surface area contributed by atoms with E-state index in [-0.39, 0.29) is 0 Å². The van der Waals surface area contributed by atoms with Gasteiger partial charge in [0.15, 0.2) is 0 Å². The summed E-state index contributed by atoms with van der Waals surface area (Å²) in [6, 6.07) is 11.3. The number of ether oxygens (including phenoxy) is 1. The zero-order valence-electron chi connectivity index (χ0n) is 15.1. The van der Waals surface area contributed by atoms with Crippen LogP contribution in [0.1, 0.15) is 21.6 Å². The maximum atomic E-state index is 11.0. The third-order valence-corrected chi connectivity index (χ3v) is 5.04. The number of carbonyl (C=O) groups is 1. The normalized spacial score (nSPS) is 18.4. The van der Waals surface area contributed by atoms with Crippen molar-refractivity contribution in [3.8, 4) is 0 Å². The number of carboxylic acid groups (broad SMARTS) is 1. The van der Waals surface area contributed by atoms with Crippen LogP contribution in [0, 0.1) is 5.92 Å². The highest BCUT2D eigenvalue weighted by atomic mass is 16.5. The molecule has 27 heavy (non-hydrogen) atoms. The van der Waals surface area contributed by atoms with Gasteiger partial charge >= 0.3 is 5.97 Å². The van der Waals surface area contributed by atoms with Gasteiger partial charge in [0.1, 0.15) is 0 Å². The molecule has 0 radical (unpaired) electrons. The summed E-state index contributed by atoms with van der Waals surface area (Å²) in [5.41, 5.74) is 3.69. The van der Waals surface area contributed by atoms with Crippen molar-refractivity contribution in [2.24, 2.45) is 5.92 Å². The van der Waals surface area contributed by atoms with Crippen molar-refractivity contribution >= 4 is 11.5 Å². The Hall–Kier alpha value is -2.70. The summed E-state index contributed by atoms with van der Waals surface area (Å²) in [5.74, 6) is -0.517. The molecule has 0 aliphatic carbocycles. The number of fused-ring (bicyclic) bond motifs is 1. The maximum absolute atomic E-state index is 11.0. The average Bonchev–Trinajstić information content (AvgIpc) is 3.05. The molecule has 1 N–H and O–H groups in total. The molecule has 2 aromatic heterocycles. The second-order valence-corrected chi connectivity index (χ2v) is 7.06. The van der Waals surface area contributed by atoms with Gasteiger partial charge < -0.3 is 14.2 Å². The molecule has 1 fully saturated rings. The lowest BCUT2D eigenvalue weighted by Crippen LogP contribution is -2.30. The lowest BCUT2D eigenvalue weighted by molar-refractivity contribution is 0.0697. The van der Waals surface area contributed by atoms with E-state index in [1.807, 2.05) is 36.8 Å². The highest BCUT2D eigenvalue weighted by Crippen LogP contribution is 2.18. The van der Waals surface area contributed by atoms with E-state index in [2.05, 4.69) is 20.4 Å². The van der Waals surface area contributed by atoms with E-state index in [1.54, 1.807) is 12.1 Å². The second-order valence-electron chi connectivity index (χ2n) is 7.06. The molecule has 3 heterocycles. The van der Waals surface area contributed by atoms with Crippen LogP contribution in [0.15, 0.2) is 55.0 Å². The molecule has 0 unspecified atom stereocenters. The first-order chi connectivity index (χ1) is 13.2. The molecule has 6 heteroatoms. The first kappa shape index (κ1) is 17.7. The molecule has 1 aromatic carbocycles. The lowest BCUT2D eigenvalue weighted by Gasteiger charge is -2.23. The molecule has 1 aliphatic rings. The molecule has 6 nitrogen and oxygen atoms in total. The standard InChI is InChI=1S/C21H23N3O3/c25-21(26)18-5-3-16(4-6-18)13-23-10-11-27-15-17(14-23)12-19-20-2-1-8-24(20)9-7-22-19/h1-9,17H,10-15H2,(H,25,26)/t17-/m1/s1. The smallest absolute Gasteiger partial charge is 0.335 e. The van der Waals surface area contributed by atoms with E-state index in [1.165, 1.54) is 0 Å². The molecule has 0 bridgehead atoms. The van der Waals surface area contributed by atoms with Gasteiger partial charge in [-0.2, -0.15) is 0 Å². The molecule has 140 valence electrons. The van der Waals surface area contributed by atoms with Gasteiger partial charge in [-0.3, -0.25) is 9.88 Å². The topological polar surface area (TPSA) is 67.1 Å². The zero-order valence-corrected chi connectivity index (χ0v) is 15.1. The minimum Gasteiger partial charge on any atom is -0.478 e. The number of hydrogen-bond donors (Lipinski definition) is 1. The van der Waals surface area contributed by atoms with Crippen LogP contribution in [0.2, 0.25) is 0 Å². The van der Waals surface area contributed by atoms with Crippen LogP contribution in [0.25, 0.3) is 5.52 Å². The highest BCUT2D eigenvalue weighted by Gasteiger charge is 2.21. The Kier molecular flexibility index (Phi) is 5.18. The fraction of sp³-hybridized carbons (Fsp3) is 0.333. The van der Waals surface area contributed by atoms with Crippen molar-refractivity contribution in [3.63, 3.8) is 0 Å². The molecule has 1 saturated heterocycles. The second kappa shape index (κ2) is 7.90. The van der Waals surface area contributed by atoms with Crippen LogP contribution >= 0.6 is 0 Å². The number of carboxylic acids is 1. The number of hydrogen-bond acceptors (Lipinski definition) is 4. The van der Waals surface area contributed by atoms with Gasteiger partial charge in [-0.05, 0) is 36.2 Å². The fourth-order valence-electron chi connectivity index (χ4n) is 3.69. The molecule has 1 aliphatic heterocycles. The summed E-state index contributed by atoms with van der Waals surface area (Å²) in [5, 5.41) is 9.03. The van der Waals surface area contributed by atoms with Crippen molar-refractivity contribution < 1.29 is 14.6 Å². The summed E-state index contributed by atoms with van der Waals surface area (Å²) in [7, 11) is 0. The van der Waals surface area contributed by atoms with E-state index >= 15 is 0 Å². The summed E-state index contributed by atoms with van der Waals surface area (Å²) >= 11 is 0. The summed E-state index contributed by atoms with van der Waals surface area (Å²) in [6.07, 6.45) is 6.73. The fourth-order valence-corrected chi connectivity index (χ4v) is 3.69. The quantitative estimate of drug-likeness (QED) is 0.753. The van der Waals surface area contributed by atoms with E-state index in [9.17, 15) is 4.79 Å². The summed E-state index contributed by atoms with van der Waals surface area (Å²) < 4.78 is 7.94. The Labute approximate surface area is 158 Å². The molecule has 1 atom stereocenters. The molecular formula is C21H23N3O3. The summed E-state index contributed by atoms with van der Waals surface area (Å²) in [6.45, 7) is 4.05. The SMILES string of the molecule is O=C(O)c1ccc(CN2CCOC[C@H](Cc3nccn4cccc34)C2)cc1. The van der Waals surface area contributed by atoms with Crippen molar-refractivity contribution in [1.82, 2.24) is 14.3 Å². The van der Waals surface area contributed by atoms with Gasteiger partial charge in [0.25, 0.3) is 0 Å². The molecule has 3 aromatic rings. The number of aromatic nitrogens is 2. The predicted octanol–water partition coefficient (Wildman–Crippen LogP) is 2.72. The van der Waals surface area contributed by atoms with Crippen molar-refractivity contribution in [1.29, 1.82) is 0 Å². The number of nitrogens with zero attached hydrogens (tertiary/aromatic N) is 3. The van der Waals surface area contributed by atoms with Crippen LogP contribution in [-0.4, -0.2) is 51.7 Å². The predicted molar refractivity (Wildman–Crippen MR) is 102 cm³/mol. The van der Waals surface area contributed by atoms with Crippen LogP contribution in [0.5, 0.6) is 0 Å². The maximum Gasteiger partial charge on any atom is 0.335 e. The largest absolute Gasteiger partial charge is 0.478 e. The number of rotatable bonds is 5. The van der Waals surface area contributed by atoms with Gasteiger partial charge in [-0.1, -0.05) is 12.1 Å². The lowest BCUT2D eigenvalue weighted by atomic mass is 10.0. The third kappa shape index (κ3) is 4.18. The third-order valence-electron chi connectivity index (χ3n) is 5.04. The van der Waals surface area contributed by atoms with E-state index < -0.39 is 5.97 Å². The highest BCUT2D eigenvalue weighted by molar-refractivity contribution is 5.87. The van der Waals surface area contributed by atoms with Crippen molar-refractivity contribution in [2.45, 2.75) is 13.0 Å². The molecule has 0 saturated carbocycles. The Morgan fingerprint density at radius 1 is 1.22 bits per heavy atom. The molecule has 0 spiro atoms. The monoisotopic (exact) mass is 365 g/mol. The van der Waals surface area contributed by atoms with Crippen LogP contribution in [-0.2, 0) is 17.7 Å². The Morgan fingerprint density at radius 2 is 2.07 bits per heavy atom. The van der Waals surface area contributed by atoms with E-state index in [0.717, 1.165) is 49.4 Å². The minimum absolute atomic E-state index is 0.321. The van der Waals surface area contributed by atoms with Crippen LogP contribution < -0.4 is 0 Å². The Morgan fingerprint density at radius 3 is 2.89 bits per heavy atom. The van der Waals surface area contributed by atoms with Gasteiger partial charge in [-0.15, -0.1) is 0 Å². The van der Waals surface area contributed by atoms with Gasteiger partial charge in [0.2, 0.25) is 0 Å². The molecular weight excluding hydrogens is 342 g/mol. The Bertz CT molecular complexity index is 920. The van der Waals surface area contributed by atoms with E-state index in [0.29, 0.717) is 18.1 Å². The number of aromatic carboxylic acids is 1. The molecule has 4 rings (SSSR count). The first-order valence-corrected chi connectivity index (χ1v) is 9.22. The van der Waals surface area contributed by atoms with Gasteiger partial charge in [-0.25, -0.2) is 4.79 Å². The van der Waals surface area contributed by atoms with E-state index in [4.69, 9.17) is 9.84 Å².